The second-order valence-corrected chi connectivity index (χ2v) is 4.12. The molecule has 0 aromatic heterocycles. The van der Waals surface area contributed by atoms with Crippen LogP contribution in [0.5, 0.6) is 0 Å². The zero-order valence-corrected chi connectivity index (χ0v) is 6.67. The molecule has 11 heavy (non-hydrogen) atoms. The molecule has 0 saturated heterocycles. The van der Waals surface area contributed by atoms with Gasteiger partial charge in [-0.3, -0.25) is 10.6 Å². The first-order valence-electron chi connectivity index (χ1n) is 2.83. The third kappa shape index (κ3) is 1.95. The molecule has 1 aliphatic heterocycles. The fourth-order valence-electron chi connectivity index (χ4n) is 0.596. The van der Waals surface area contributed by atoms with Gasteiger partial charge in [-0.15, -0.1) is 0 Å². The zero-order chi connectivity index (χ0) is 8.48. The Labute approximate surface area is 64.5 Å². The van der Waals surface area contributed by atoms with Crippen LogP contribution in [0.25, 0.3) is 0 Å². The Morgan fingerprint density at radius 3 is 2.64 bits per heavy atom. The van der Waals surface area contributed by atoms with Crippen LogP contribution in [0.1, 0.15) is 0 Å². The minimum atomic E-state index is -3.18. The van der Waals surface area contributed by atoms with Gasteiger partial charge >= 0.3 is 0 Å². The van der Waals surface area contributed by atoms with Crippen molar-refractivity contribution in [2.45, 2.75) is 0 Å². The van der Waals surface area contributed by atoms with Gasteiger partial charge in [0.2, 0.25) is 0 Å². The van der Waals surface area contributed by atoms with Crippen molar-refractivity contribution >= 4 is 9.84 Å². The van der Waals surface area contributed by atoms with Crippen molar-refractivity contribution in [1.82, 2.24) is 10.6 Å². The molecule has 0 aromatic carbocycles. The highest BCUT2D eigenvalue weighted by atomic mass is 32.2. The predicted octanol–water partition coefficient (Wildman–Crippen LogP) is -0.405. The Morgan fingerprint density at radius 1 is 1.64 bits per heavy atom. The first kappa shape index (κ1) is 8.09. The summed E-state index contributed by atoms with van der Waals surface area (Å²) in [6, 6.07) is 0. The monoisotopic (exact) mass is 176 g/mol. The summed E-state index contributed by atoms with van der Waals surface area (Å²) in [6.07, 6.45) is 4.80. The van der Waals surface area contributed by atoms with Gasteiger partial charge in [-0.05, 0) is 6.08 Å². The van der Waals surface area contributed by atoms with Gasteiger partial charge in [0.15, 0.2) is 9.84 Å². The average molecular weight is 176 g/mol. The van der Waals surface area contributed by atoms with Crippen LogP contribution in [0.15, 0.2) is 23.4 Å². The smallest absolute Gasteiger partial charge is 0.177 e. The highest BCUT2D eigenvalue weighted by molar-refractivity contribution is 7.94. The van der Waals surface area contributed by atoms with Crippen LogP contribution in [-0.2, 0) is 9.84 Å². The molecule has 0 aliphatic carbocycles. The largest absolute Gasteiger partial charge is 0.281 e. The van der Waals surface area contributed by atoms with E-state index in [2.05, 4.69) is 5.43 Å². The van der Waals surface area contributed by atoms with E-state index in [1.165, 1.54) is 18.5 Å². The molecule has 1 rings (SSSR count). The van der Waals surface area contributed by atoms with E-state index in [4.69, 9.17) is 5.21 Å². The summed E-state index contributed by atoms with van der Waals surface area (Å²) in [7, 11) is -3.18. The van der Waals surface area contributed by atoms with Gasteiger partial charge in [0.05, 0.1) is 11.1 Å². The molecule has 0 amide bonds. The van der Waals surface area contributed by atoms with Crippen molar-refractivity contribution in [3.8, 4) is 0 Å². The summed E-state index contributed by atoms with van der Waals surface area (Å²) >= 11 is 0. The molecular formula is C5H8N2O3S. The predicted molar refractivity (Wildman–Crippen MR) is 38.8 cm³/mol. The maximum Gasteiger partial charge on any atom is 0.177 e. The molecule has 1 heterocycles. The van der Waals surface area contributed by atoms with Crippen LogP contribution in [0.3, 0.4) is 0 Å². The normalized spacial score (nSPS) is 17.6. The number of nitrogens with one attached hydrogen (secondary N) is 1. The van der Waals surface area contributed by atoms with E-state index in [1.807, 2.05) is 0 Å². The quantitative estimate of drug-likeness (QED) is 0.568. The first-order valence-corrected chi connectivity index (χ1v) is 4.72. The minimum Gasteiger partial charge on any atom is -0.281 e. The van der Waals surface area contributed by atoms with Gasteiger partial charge in [-0.25, -0.2) is 8.42 Å². The van der Waals surface area contributed by atoms with Crippen molar-refractivity contribution in [3.63, 3.8) is 0 Å². The summed E-state index contributed by atoms with van der Waals surface area (Å²) in [5.41, 5.74) is 2.30. The van der Waals surface area contributed by atoms with Crippen LogP contribution < -0.4 is 5.43 Å². The fraction of sp³-hybridized carbons (Fsp3) is 0.200. The molecule has 0 bridgehead atoms. The SMILES string of the molecule is CS(=O)(=O)C1=CNN(O)C=C1. The van der Waals surface area contributed by atoms with Crippen LogP contribution in [0.4, 0.5) is 0 Å². The molecule has 1 aliphatic rings. The lowest BCUT2D eigenvalue weighted by Gasteiger charge is -2.15. The van der Waals surface area contributed by atoms with Crippen LogP contribution in [0, 0.1) is 0 Å². The number of hydrogen-bond acceptors (Lipinski definition) is 5. The second kappa shape index (κ2) is 2.55. The Kier molecular flexibility index (Phi) is 1.88. The number of hydroxylamine groups is 1. The summed E-state index contributed by atoms with van der Waals surface area (Å²) in [6.45, 7) is 0. The van der Waals surface area contributed by atoms with E-state index in [9.17, 15) is 8.42 Å². The van der Waals surface area contributed by atoms with Crippen molar-refractivity contribution in [2.75, 3.05) is 6.26 Å². The third-order valence-electron chi connectivity index (χ3n) is 1.15. The summed E-state index contributed by atoms with van der Waals surface area (Å²) in [4.78, 5) is 0.141. The maximum atomic E-state index is 10.8. The van der Waals surface area contributed by atoms with Crippen molar-refractivity contribution in [1.29, 1.82) is 0 Å². The average Bonchev–Trinajstić information content (AvgIpc) is 1.86. The number of sulfone groups is 1. The molecule has 0 spiro atoms. The van der Waals surface area contributed by atoms with Crippen molar-refractivity contribution in [2.24, 2.45) is 0 Å². The molecular weight excluding hydrogens is 168 g/mol. The third-order valence-corrected chi connectivity index (χ3v) is 2.26. The topological polar surface area (TPSA) is 69.6 Å². The lowest BCUT2D eigenvalue weighted by Crippen LogP contribution is -2.28. The molecule has 0 saturated carbocycles. The van der Waals surface area contributed by atoms with Gasteiger partial charge in [-0.2, -0.15) is 5.17 Å². The number of hydrazine groups is 1. The number of allylic oxidation sites excluding steroid dienone is 1. The van der Waals surface area contributed by atoms with Crippen molar-refractivity contribution in [3.05, 3.63) is 23.4 Å². The Hall–Kier alpha value is -1.01. The van der Waals surface area contributed by atoms with Gasteiger partial charge in [0.25, 0.3) is 0 Å². The molecule has 62 valence electrons. The molecule has 0 aromatic rings. The summed E-state index contributed by atoms with van der Waals surface area (Å²) in [5.74, 6) is 0. The molecule has 0 fully saturated rings. The summed E-state index contributed by atoms with van der Waals surface area (Å²) < 4.78 is 21.7. The fourth-order valence-corrected chi connectivity index (χ4v) is 1.17. The van der Waals surface area contributed by atoms with Gasteiger partial charge < -0.3 is 0 Å². The van der Waals surface area contributed by atoms with Crippen LogP contribution >= 0.6 is 0 Å². The standard InChI is InChI=1S/C5H8N2O3S/c1-11(9,10)5-2-3-7(8)6-4-5/h2-4,6,8H,1H3. The van der Waals surface area contributed by atoms with Crippen LogP contribution in [0.2, 0.25) is 0 Å². The highest BCUT2D eigenvalue weighted by Crippen LogP contribution is 2.07. The van der Waals surface area contributed by atoms with Gasteiger partial charge in [0.1, 0.15) is 0 Å². The Morgan fingerprint density at radius 2 is 2.27 bits per heavy atom. The van der Waals surface area contributed by atoms with E-state index in [1.54, 1.807) is 0 Å². The number of nitrogens with zero attached hydrogens (tertiary/aromatic N) is 1. The Bertz CT molecular complexity index is 304. The molecule has 2 N–H and O–H groups in total. The highest BCUT2D eigenvalue weighted by Gasteiger charge is 2.10. The number of hydrogen-bond donors (Lipinski definition) is 2. The lowest BCUT2D eigenvalue weighted by molar-refractivity contribution is -0.0760. The zero-order valence-electron chi connectivity index (χ0n) is 5.85. The Balaban J connectivity index is 2.89. The first-order chi connectivity index (χ1) is 5.00. The van der Waals surface area contributed by atoms with E-state index in [0.29, 0.717) is 5.17 Å². The van der Waals surface area contributed by atoms with Gasteiger partial charge in [0, 0.05) is 12.5 Å². The number of rotatable bonds is 1. The van der Waals surface area contributed by atoms with E-state index < -0.39 is 9.84 Å². The molecule has 5 nitrogen and oxygen atoms in total. The maximum absolute atomic E-state index is 10.8. The summed E-state index contributed by atoms with van der Waals surface area (Å²) in [5, 5.41) is 9.35. The van der Waals surface area contributed by atoms with E-state index >= 15 is 0 Å². The molecule has 6 heteroatoms. The molecule has 0 unspecified atom stereocenters. The lowest BCUT2D eigenvalue weighted by atomic mass is 10.5. The molecule has 0 atom stereocenters. The second-order valence-electron chi connectivity index (χ2n) is 2.11. The van der Waals surface area contributed by atoms with Crippen LogP contribution in [-0.4, -0.2) is 25.1 Å². The van der Waals surface area contributed by atoms with Crippen molar-refractivity contribution < 1.29 is 13.6 Å². The van der Waals surface area contributed by atoms with Gasteiger partial charge in [-0.1, -0.05) is 0 Å². The van der Waals surface area contributed by atoms with E-state index in [0.717, 1.165) is 6.26 Å². The minimum absolute atomic E-state index is 0.141. The van der Waals surface area contributed by atoms with E-state index in [-0.39, 0.29) is 4.91 Å². The molecule has 0 radical (unpaired) electrons.